The van der Waals surface area contributed by atoms with Crippen molar-refractivity contribution in [2.75, 3.05) is 13.7 Å². The molecule has 0 aliphatic rings. The quantitative estimate of drug-likeness (QED) is 0.582. The smallest absolute Gasteiger partial charge is 0.337 e. The molecule has 1 aromatic carbocycles. The van der Waals surface area contributed by atoms with E-state index < -0.39 is 22.1 Å². The van der Waals surface area contributed by atoms with Crippen molar-refractivity contribution in [2.24, 2.45) is 0 Å². The van der Waals surface area contributed by atoms with Gasteiger partial charge in [-0.3, -0.25) is 0 Å². The number of nitrogens with one attached hydrogen (secondary N) is 1. The average molecular weight is 336 g/mol. The molecule has 0 bridgehead atoms. The Balaban J connectivity index is 2.89. The molecule has 0 aliphatic heterocycles. The lowest BCUT2D eigenvalue weighted by Crippen LogP contribution is -2.26. The number of esters is 1. The molecule has 0 radical (unpaired) electrons. The first kappa shape index (κ1) is 17.9. The van der Waals surface area contributed by atoms with Crippen molar-refractivity contribution in [2.45, 2.75) is 30.8 Å². The molecule has 1 aromatic rings. The number of rotatable bonds is 7. The molecule has 0 aromatic heterocycles. The van der Waals surface area contributed by atoms with Gasteiger partial charge in [0, 0.05) is 6.54 Å². The van der Waals surface area contributed by atoms with Crippen LogP contribution in [0.2, 0.25) is 5.02 Å². The average Bonchev–Trinajstić information content (AvgIpc) is 2.43. The Labute approximate surface area is 129 Å². The van der Waals surface area contributed by atoms with Gasteiger partial charge < -0.3 is 9.84 Å². The van der Waals surface area contributed by atoms with Gasteiger partial charge in [-0.1, -0.05) is 11.6 Å². The fraction of sp³-hybridized carbons (Fsp3) is 0.462. The highest BCUT2D eigenvalue weighted by atomic mass is 35.5. The molecule has 0 spiro atoms. The van der Waals surface area contributed by atoms with Gasteiger partial charge in [-0.05, 0) is 38.0 Å². The largest absolute Gasteiger partial charge is 0.465 e. The first-order chi connectivity index (χ1) is 9.77. The van der Waals surface area contributed by atoms with Crippen molar-refractivity contribution >= 4 is 27.6 Å². The van der Waals surface area contributed by atoms with Gasteiger partial charge in [0.15, 0.2) is 0 Å². The minimum atomic E-state index is -3.82. The van der Waals surface area contributed by atoms with Crippen LogP contribution in [0, 0.1) is 0 Å². The molecule has 0 saturated carbocycles. The van der Waals surface area contributed by atoms with Gasteiger partial charge in [0.1, 0.15) is 4.90 Å². The van der Waals surface area contributed by atoms with Gasteiger partial charge in [0.2, 0.25) is 10.0 Å². The van der Waals surface area contributed by atoms with E-state index >= 15 is 0 Å². The molecule has 118 valence electrons. The third-order valence-electron chi connectivity index (χ3n) is 2.73. The summed E-state index contributed by atoms with van der Waals surface area (Å²) < 4.78 is 31.2. The van der Waals surface area contributed by atoms with Crippen LogP contribution in [0.5, 0.6) is 0 Å². The molecule has 0 saturated heterocycles. The van der Waals surface area contributed by atoms with E-state index in [0.29, 0.717) is 12.8 Å². The number of ether oxygens (including phenoxy) is 1. The highest BCUT2D eigenvalue weighted by Crippen LogP contribution is 2.23. The number of hydrogen-bond acceptors (Lipinski definition) is 5. The number of aliphatic hydroxyl groups excluding tert-OH is 1. The lowest BCUT2D eigenvalue weighted by Gasteiger charge is -2.10. The van der Waals surface area contributed by atoms with Gasteiger partial charge in [0.05, 0.1) is 23.8 Å². The van der Waals surface area contributed by atoms with Crippen molar-refractivity contribution in [1.29, 1.82) is 0 Å². The van der Waals surface area contributed by atoms with Gasteiger partial charge in [-0.2, -0.15) is 0 Å². The van der Waals surface area contributed by atoms with Crippen molar-refractivity contribution in [3.8, 4) is 0 Å². The van der Waals surface area contributed by atoms with Gasteiger partial charge >= 0.3 is 5.97 Å². The molecule has 21 heavy (non-hydrogen) atoms. The van der Waals surface area contributed by atoms with Crippen LogP contribution in [0.15, 0.2) is 23.1 Å². The summed E-state index contributed by atoms with van der Waals surface area (Å²) in [6.07, 6.45) is 0.490. The molecule has 1 atom stereocenters. The Hall–Kier alpha value is -1.15. The predicted molar refractivity (Wildman–Crippen MR) is 78.9 cm³/mol. The van der Waals surface area contributed by atoms with Crippen LogP contribution in [0.3, 0.4) is 0 Å². The van der Waals surface area contributed by atoms with Crippen LogP contribution in [-0.2, 0) is 14.8 Å². The van der Waals surface area contributed by atoms with Crippen LogP contribution >= 0.6 is 11.6 Å². The van der Waals surface area contributed by atoms with E-state index in [0.717, 1.165) is 0 Å². The zero-order valence-corrected chi connectivity index (χ0v) is 13.4. The normalized spacial score (nSPS) is 13.0. The summed E-state index contributed by atoms with van der Waals surface area (Å²) >= 11 is 5.88. The molecule has 2 N–H and O–H groups in total. The molecule has 0 heterocycles. The first-order valence-corrected chi connectivity index (χ1v) is 8.19. The van der Waals surface area contributed by atoms with Crippen LogP contribution in [-0.4, -0.2) is 39.3 Å². The van der Waals surface area contributed by atoms with Gasteiger partial charge in [-0.25, -0.2) is 17.9 Å². The molecule has 1 rings (SSSR count). The van der Waals surface area contributed by atoms with E-state index in [-0.39, 0.29) is 22.0 Å². The summed E-state index contributed by atoms with van der Waals surface area (Å²) in [7, 11) is -2.62. The number of benzene rings is 1. The van der Waals surface area contributed by atoms with Crippen LogP contribution in [0.1, 0.15) is 30.1 Å². The van der Waals surface area contributed by atoms with E-state index in [1.807, 2.05) is 0 Å². The second-order valence-electron chi connectivity index (χ2n) is 4.53. The molecule has 0 aliphatic carbocycles. The summed E-state index contributed by atoms with van der Waals surface area (Å²) in [6.45, 7) is 1.80. The third-order valence-corrected chi connectivity index (χ3v) is 4.68. The zero-order chi connectivity index (χ0) is 16.0. The highest BCUT2D eigenvalue weighted by molar-refractivity contribution is 7.89. The fourth-order valence-corrected chi connectivity index (χ4v) is 3.23. The van der Waals surface area contributed by atoms with E-state index in [9.17, 15) is 13.2 Å². The lowest BCUT2D eigenvalue weighted by molar-refractivity contribution is 0.0600. The summed E-state index contributed by atoms with van der Waals surface area (Å²) in [4.78, 5) is 11.3. The topological polar surface area (TPSA) is 92.7 Å². The predicted octanol–water partition coefficient (Wildman–Crippen LogP) is 1.57. The van der Waals surface area contributed by atoms with Crippen molar-refractivity contribution in [3.05, 3.63) is 28.8 Å². The number of aliphatic hydroxyl groups is 1. The minimum Gasteiger partial charge on any atom is -0.465 e. The number of halogens is 1. The third kappa shape index (κ3) is 5.28. The van der Waals surface area contributed by atoms with Gasteiger partial charge in [-0.15, -0.1) is 0 Å². The first-order valence-electron chi connectivity index (χ1n) is 6.33. The Morgan fingerprint density at radius 3 is 2.71 bits per heavy atom. The monoisotopic (exact) mass is 335 g/mol. The number of methoxy groups -OCH3 is 1. The number of hydrogen-bond donors (Lipinski definition) is 2. The maximum absolute atomic E-state index is 12.2. The lowest BCUT2D eigenvalue weighted by atomic mass is 10.2. The second-order valence-corrected chi connectivity index (χ2v) is 6.67. The van der Waals surface area contributed by atoms with E-state index in [1.54, 1.807) is 6.92 Å². The second kappa shape index (κ2) is 7.74. The Morgan fingerprint density at radius 2 is 2.14 bits per heavy atom. The van der Waals surface area contributed by atoms with Crippen molar-refractivity contribution in [3.63, 3.8) is 0 Å². The summed E-state index contributed by atoms with van der Waals surface area (Å²) in [5.74, 6) is -0.641. The number of carbonyl (C=O) groups excluding carboxylic acids is 1. The maximum Gasteiger partial charge on any atom is 0.337 e. The highest BCUT2D eigenvalue weighted by Gasteiger charge is 2.20. The molecule has 6 nitrogen and oxygen atoms in total. The number of sulfonamides is 1. The Kier molecular flexibility index (Phi) is 6.60. The summed E-state index contributed by atoms with van der Waals surface area (Å²) in [6, 6.07) is 3.89. The Morgan fingerprint density at radius 1 is 1.48 bits per heavy atom. The van der Waals surface area contributed by atoms with E-state index in [4.69, 9.17) is 16.7 Å². The molecular weight excluding hydrogens is 318 g/mol. The summed E-state index contributed by atoms with van der Waals surface area (Å²) in [5.41, 5.74) is 0.103. The minimum absolute atomic E-state index is 0.0191. The number of carbonyl (C=O) groups is 1. The molecule has 0 amide bonds. The molecule has 8 heteroatoms. The van der Waals surface area contributed by atoms with Crippen LogP contribution < -0.4 is 4.72 Å². The van der Waals surface area contributed by atoms with Crippen LogP contribution in [0.25, 0.3) is 0 Å². The van der Waals surface area contributed by atoms with Gasteiger partial charge in [0.25, 0.3) is 0 Å². The molecule has 1 unspecified atom stereocenters. The fourth-order valence-electron chi connectivity index (χ4n) is 1.64. The van der Waals surface area contributed by atoms with Crippen molar-refractivity contribution < 1.29 is 23.1 Å². The zero-order valence-electron chi connectivity index (χ0n) is 11.8. The maximum atomic E-state index is 12.2. The standard InChI is InChI=1S/C13H18ClNO5S/c1-9(16)4-3-7-15-21(18,19)12-8-10(13(17)20-2)5-6-11(12)14/h5-6,8-9,15-16H,3-4,7H2,1-2H3. The SMILES string of the molecule is COC(=O)c1ccc(Cl)c(S(=O)(=O)NCCCC(C)O)c1. The Bertz CT molecular complexity index is 601. The van der Waals surface area contributed by atoms with E-state index in [1.165, 1.54) is 25.3 Å². The molecule has 0 fully saturated rings. The molecular formula is C13H18ClNO5S. The van der Waals surface area contributed by atoms with E-state index in [2.05, 4.69) is 9.46 Å². The van der Waals surface area contributed by atoms with Crippen molar-refractivity contribution in [1.82, 2.24) is 4.72 Å². The summed E-state index contributed by atoms with van der Waals surface area (Å²) in [5, 5.41) is 9.14. The van der Waals surface area contributed by atoms with Crippen LogP contribution in [0.4, 0.5) is 0 Å².